The van der Waals surface area contributed by atoms with Gasteiger partial charge in [0.05, 0.1) is 18.3 Å². The maximum atomic E-state index is 13.3. The van der Waals surface area contributed by atoms with Gasteiger partial charge in [-0.25, -0.2) is 14.4 Å². The van der Waals surface area contributed by atoms with Crippen molar-refractivity contribution in [3.63, 3.8) is 0 Å². The van der Waals surface area contributed by atoms with Crippen molar-refractivity contribution in [1.29, 1.82) is 0 Å². The van der Waals surface area contributed by atoms with Crippen LogP contribution in [0.25, 0.3) is 11.1 Å². The SMILES string of the molecule is Cc1cc(-c2[c]cncc2)ccc1CN(C(=O)OC(C)(C)C)C(=O)c1cn(C(C)(C)C)nn1. The highest BCUT2D eigenvalue weighted by Gasteiger charge is 2.31. The molecule has 2 heterocycles. The molecule has 3 rings (SSSR count). The lowest BCUT2D eigenvalue weighted by molar-refractivity contribution is 0.0225. The minimum Gasteiger partial charge on any atom is -0.443 e. The van der Waals surface area contributed by atoms with Crippen LogP contribution in [-0.4, -0.2) is 42.5 Å². The van der Waals surface area contributed by atoms with Gasteiger partial charge in [0.15, 0.2) is 5.69 Å². The number of rotatable bonds is 4. The largest absolute Gasteiger partial charge is 0.443 e. The number of nitrogens with zero attached hydrogens (tertiary/aromatic N) is 5. The molecular weight excluding hydrogens is 418 g/mol. The Morgan fingerprint density at radius 3 is 2.39 bits per heavy atom. The summed E-state index contributed by atoms with van der Waals surface area (Å²) in [5.41, 5.74) is 2.61. The standard InChI is InChI=1S/C25H30N5O3/c1-17-14-19(18-10-12-26-13-11-18)8-9-20(17)15-29(23(32)33-25(5,6)7)22(31)21-16-30(28-27-21)24(2,3)4/h8-10,12-14,16H,15H2,1-7H3. The van der Waals surface area contributed by atoms with Gasteiger partial charge in [-0.1, -0.05) is 23.4 Å². The second-order valence-electron chi connectivity index (χ2n) is 9.88. The second kappa shape index (κ2) is 9.13. The Morgan fingerprint density at radius 2 is 1.85 bits per heavy atom. The highest BCUT2D eigenvalue weighted by Crippen LogP contribution is 2.24. The van der Waals surface area contributed by atoms with Crippen molar-refractivity contribution in [2.75, 3.05) is 0 Å². The van der Waals surface area contributed by atoms with E-state index in [1.54, 1.807) is 44.0 Å². The van der Waals surface area contributed by atoms with Crippen LogP contribution < -0.4 is 0 Å². The maximum absolute atomic E-state index is 13.3. The number of ether oxygens (including phenoxy) is 1. The predicted molar refractivity (Wildman–Crippen MR) is 124 cm³/mol. The Balaban J connectivity index is 1.92. The lowest BCUT2D eigenvalue weighted by atomic mass is 10.0. The maximum Gasteiger partial charge on any atom is 0.417 e. The number of hydrogen-bond acceptors (Lipinski definition) is 6. The molecule has 0 saturated carbocycles. The van der Waals surface area contributed by atoms with Gasteiger partial charge in [0, 0.05) is 18.5 Å². The molecule has 8 nitrogen and oxygen atoms in total. The number of benzene rings is 1. The van der Waals surface area contributed by atoms with Crippen LogP contribution in [0.15, 0.2) is 42.9 Å². The molecule has 0 atom stereocenters. The van der Waals surface area contributed by atoms with Gasteiger partial charge in [-0.05, 0) is 76.8 Å². The Labute approximate surface area is 194 Å². The summed E-state index contributed by atoms with van der Waals surface area (Å²) in [5.74, 6) is -0.564. The van der Waals surface area contributed by atoms with Crippen LogP contribution in [-0.2, 0) is 16.8 Å². The van der Waals surface area contributed by atoms with Crippen molar-refractivity contribution in [3.05, 3.63) is 65.7 Å². The molecule has 0 N–H and O–H groups in total. The third kappa shape index (κ3) is 6.03. The average Bonchev–Trinajstić information content (AvgIpc) is 3.22. The van der Waals surface area contributed by atoms with Crippen molar-refractivity contribution in [2.24, 2.45) is 0 Å². The summed E-state index contributed by atoms with van der Waals surface area (Å²) in [6.45, 7) is 13.1. The summed E-state index contributed by atoms with van der Waals surface area (Å²) < 4.78 is 7.12. The summed E-state index contributed by atoms with van der Waals surface area (Å²) in [5, 5.41) is 8.06. The summed E-state index contributed by atoms with van der Waals surface area (Å²) in [6, 6.07) is 10.8. The third-order valence-corrected chi connectivity index (χ3v) is 4.86. The molecule has 8 heteroatoms. The molecule has 1 aromatic carbocycles. The Kier molecular flexibility index (Phi) is 6.67. The smallest absolute Gasteiger partial charge is 0.417 e. The average molecular weight is 449 g/mol. The van der Waals surface area contributed by atoms with E-state index in [1.165, 1.54) is 0 Å². The van der Waals surface area contributed by atoms with Crippen LogP contribution in [0.3, 0.4) is 0 Å². The molecule has 173 valence electrons. The van der Waals surface area contributed by atoms with Crippen LogP contribution >= 0.6 is 0 Å². The van der Waals surface area contributed by atoms with Gasteiger partial charge in [-0.3, -0.25) is 9.78 Å². The number of carbonyl (C=O) groups excluding carboxylic acids is 2. The molecule has 0 fully saturated rings. The quantitative estimate of drug-likeness (QED) is 0.570. The van der Waals surface area contributed by atoms with Gasteiger partial charge >= 0.3 is 6.09 Å². The third-order valence-electron chi connectivity index (χ3n) is 4.86. The first-order chi connectivity index (χ1) is 15.3. The van der Waals surface area contributed by atoms with E-state index in [2.05, 4.69) is 21.4 Å². The van der Waals surface area contributed by atoms with Crippen LogP contribution in [0.2, 0.25) is 0 Å². The molecule has 3 aromatic rings. The number of hydrogen-bond donors (Lipinski definition) is 0. The van der Waals surface area contributed by atoms with E-state index in [-0.39, 0.29) is 17.8 Å². The van der Waals surface area contributed by atoms with Gasteiger partial charge in [0.25, 0.3) is 5.91 Å². The van der Waals surface area contributed by atoms with Crippen LogP contribution in [0.1, 0.15) is 63.2 Å². The Hall–Kier alpha value is -3.55. The molecule has 2 aromatic heterocycles. The van der Waals surface area contributed by atoms with Crippen molar-refractivity contribution in [2.45, 2.75) is 66.2 Å². The second-order valence-corrected chi connectivity index (χ2v) is 9.88. The Bertz CT molecular complexity index is 1140. The zero-order chi connectivity index (χ0) is 24.4. The van der Waals surface area contributed by atoms with Crippen LogP contribution in [0.4, 0.5) is 4.79 Å². The molecular formula is C25H30N5O3. The molecule has 0 spiro atoms. The fraction of sp³-hybridized carbons (Fsp3) is 0.400. The zero-order valence-electron chi connectivity index (χ0n) is 20.2. The van der Waals surface area contributed by atoms with Crippen molar-refractivity contribution in [1.82, 2.24) is 24.9 Å². The number of pyridine rings is 1. The van der Waals surface area contributed by atoms with Gasteiger partial charge < -0.3 is 4.74 Å². The van der Waals surface area contributed by atoms with Gasteiger partial charge in [-0.2, -0.15) is 0 Å². The summed E-state index contributed by atoms with van der Waals surface area (Å²) in [7, 11) is 0. The van der Waals surface area contributed by atoms with E-state index in [0.29, 0.717) is 0 Å². The number of carbonyl (C=O) groups is 2. The minimum absolute atomic E-state index is 0.0439. The fourth-order valence-corrected chi connectivity index (χ4v) is 3.07. The van der Waals surface area contributed by atoms with Crippen molar-refractivity contribution in [3.8, 4) is 11.1 Å². The highest BCUT2D eigenvalue weighted by atomic mass is 16.6. The van der Waals surface area contributed by atoms with Gasteiger partial charge in [-0.15, -0.1) is 5.10 Å². The summed E-state index contributed by atoms with van der Waals surface area (Å²) in [4.78, 5) is 31.4. The highest BCUT2D eigenvalue weighted by molar-refractivity contribution is 6.01. The predicted octanol–water partition coefficient (Wildman–Crippen LogP) is 4.78. The van der Waals surface area contributed by atoms with Crippen molar-refractivity contribution < 1.29 is 14.3 Å². The van der Waals surface area contributed by atoms with Crippen LogP contribution in [0.5, 0.6) is 0 Å². The topological polar surface area (TPSA) is 90.2 Å². The minimum atomic E-state index is -0.755. The normalized spacial score (nSPS) is 11.8. The lowest BCUT2D eigenvalue weighted by Gasteiger charge is -2.26. The van der Waals surface area contributed by atoms with E-state index in [9.17, 15) is 9.59 Å². The lowest BCUT2D eigenvalue weighted by Crippen LogP contribution is -2.40. The molecule has 0 aliphatic heterocycles. The number of imide groups is 1. The molecule has 0 saturated heterocycles. The van der Waals surface area contributed by atoms with Crippen LogP contribution in [0, 0.1) is 13.0 Å². The molecule has 2 amide bonds. The fourth-order valence-electron chi connectivity index (χ4n) is 3.07. The first kappa shape index (κ1) is 24.1. The van der Waals surface area contributed by atoms with E-state index in [1.807, 2.05) is 52.0 Å². The van der Waals surface area contributed by atoms with E-state index in [4.69, 9.17) is 4.74 Å². The molecule has 1 radical (unpaired) electrons. The zero-order valence-corrected chi connectivity index (χ0v) is 20.2. The summed E-state index contributed by atoms with van der Waals surface area (Å²) in [6.07, 6.45) is 4.15. The molecule has 33 heavy (non-hydrogen) atoms. The van der Waals surface area contributed by atoms with Gasteiger partial charge in [0.2, 0.25) is 0 Å². The molecule has 0 aliphatic carbocycles. The molecule has 0 unspecified atom stereocenters. The van der Waals surface area contributed by atoms with E-state index in [0.717, 1.165) is 27.2 Å². The van der Waals surface area contributed by atoms with Gasteiger partial charge in [0.1, 0.15) is 5.60 Å². The first-order valence-electron chi connectivity index (χ1n) is 10.7. The number of aryl methyl sites for hydroxylation is 1. The molecule has 0 aliphatic rings. The summed E-state index contributed by atoms with van der Waals surface area (Å²) >= 11 is 0. The van der Waals surface area contributed by atoms with Crippen molar-refractivity contribution >= 4 is 12.0 Å². The number of aromatic nitrogens is 4. The van der Waals surface area contributed by atoms with E-state index < -0.39 is 17.6 Å². The Morgan fingerprint density at radius 1 is 1.12 bits per heavy atom. The molecule has 0 bridgehead atoms. The first-order valence-corrected chi connectivity index (χ1v) is 10.7. The number of amides is 2. The monoisotopic (exact) mass is 448 g/mol. The van der Waals surface area contributed by atoms with E-state index >= 15 is 0 Å².